The monoisotopic (exact) mass is 270 g/mol. The SMILES string of the molecule is Cc1ccc(C(=O)NCCOc2ccccc2N)cc1. The molecule has 0 fully saturated rings. The number of ether oxygens (including phenoxy) is 1. The van der Waals surface area contributed by atoms with Gasteiger partial charge in [-0.1, -0.05) is 29.8 Å². The quantitative estimate of drug-likeness (QED) is 0.647. The highest BCUT2D eigenvalue weighted by Gasteiger charge is 2.04. The molecular formula is C16H18N2O2. The summed E-state index contributed by atoms with van der Waals surface area (Å²) in [4.78, 5) is 11.8. The van der Waals surface area contributed by atoms with Gasteiger partial charge < -0.3 is 15.8 Å². The fourth-order valence-corrected chi connectivity index (χ4v) is 1.74. The summed E-state index contributed by atoms with van der Waals surface area (Å²) in [5.74, 6) is 0.534. The van der Waals surface area contributed by atoms with Crippen molar-refractivity contribution in [2.24, 2.45) is 0 Å². The molecule has 2 aromatic carbocycles. The van der Waals surface area contributed by atoms with Crippen molar-refractivity contribution in [3.8, 4) is 5.75 Å². The Morgan fingerprint density at radius 1 is 1.15 bits per heavy atom. The maximum Gasteiger partial charge on any atom is 0.251 e. The topological polar surface area (TPSA) is 64.3 Å². The van der Waals surface area contributed by atoms with Gasteiger partial charge in [-0.15, -0.1) is 0 Å². The van der Waals surface area contributed by atoms with E-state index in [9.17, 15) is 4.79 Å². The first-order valence-electron chi connectivity index (χ1n) is 6.49. The van der Waals surface area contributed by atoms with Gasteiger partial charge in [0.1, 0.15) is 12.4 Å². The van der Waals surface area contributed by atoms with Crippen LogP contribution in [0.1, 0.15) is 15.9 Å². The summed E-state index contributed by atoms with van der Waals surface area (Å²) >= 11 is 0. The fourth-order valence-electron chi connectivity index (χ4n) is 1.74. The summed E-state index contributed by atoms with van der Waals surface area (Å²) < 4.78 is 5.50. The van der Waals surface area contributed by atoms with Crippen molar-refractivity contribution in [1.82, 2.24) is 5.32 Å². The fraction of sp³-hybridized carbons (Fsp3) is 0.188. The summed E-state index contributed by atoms with van der Waals surface area (Å²) in [5, 5.41) is 2.80. The third-order valence-corrected chi connectivity index (χ3v) is 2.88. The molecular weight excluding hydrogens is 252 g/mol. The van der Waals surface area contributed by atoms with Crippen molar-refractivity contribution in [2.45, 2.75) is 6.92 Å². The van der Waals surface area contributed by atoms with Crippen molar-refractivity contribution in [2.75, 3.05) is 18.9 Å². The number of nitrogens with two attached hydrogens (primary N) is 1. The van der Waals surface area contributed by atoms with E-state index in [1.165, 1.54) is 0 Å². The number of anilines is 1. The zero-order chi connectivity index (χ0) is 14.4. The molecule has 0 radical (unpaired) electrons. The van der Waals surface area contributed by atoms with Crippen molar-refractivity contribution in [3.05, 3.63) is 59.7 Å². The molecule has 2 rings (SSSR count). The number of hydrogen-bond acceptors (Lipinski definition) is 3. The number of rotatable bonds is 5. The maximum absolute atomic E-state index is 11.8. The predicted molar refractivity (Wildman–Crippen MR) is 79.9 cm³/mol. The smallest absolute Gasteiger partial charge is 0.251 e. The number of hydrogen-bond donors (Lipinski definition) is 2. The van der Waals surface area contributed by atoms with E-state index in [1.54, 1.807) is 24.3 Å². The standard InChI is InChI=1S/C16H18N2O2/c1-12-6-8-13(9-7-12)16(19)18-10-11-20-15-5-3-2-4-14(15)17/h2-9H,10-11,17H2,1H3,(H,18,19). The largest absolute Gasteiger partial charge is 0.490 e. The maximum atomic E-state index is 11.8. The molecule has 104 valence electrons. The minimum atomic E-state index is -0.102. The molecule has 0 aromatic heterocycles. The molecule has 0 bridgehead atoms. The highest BCUT2D eigenvalue weighted by atomic mass is 16.5. The van der Waals surface area contributed by atoms with Gasteiger partial charge in [-0.2, -0.15) is 0 Å². The second kappa shape index (κ2) is 6.61. The van der Waals surface area contributed by atoms with E-state index in [2.05, 4.69) is 5.32 Å². The van der Waals surface area contributed by atoms with E-state index in [-0.39, 0.29) is 5.91 Å². The molecule has 0 aliphatic heterocycles. The number of benzene rings is 2. The van der Waals surface area contributed by atoms with Crippen LogP contribution in [0.15, 0.2) is 48.5 Å². The van der Waals surface area contributed by atoms with Gasteiger partial charge in [-0.05, 0) is 31.2 Å². The van der Waals surface area contributed by atoms with Gasteiger partial charge in [0.15, 0.2) is 0 Å². The van der Waals surface area contributed by atoms with Crippen LogP contribution in [0.5, 0.6) is 5.75 Å². The average molecular weight is 270 g/mol. The molecule has 0 heterocycles. The summed E-state index contributed by atoms with van der Waals surface area (Å²) in [6, 6.07) is 14.7. The number of carbonyl (C=O) groups is 1. The van der Waals surface area contributed by atoms with Crippen LogP contribution < -0.4 is 15.8 Å². The van der Waals surface area contributed by atoms with Crippen LogP contribution in [-0.4, -0.2) is 19.1 Å². The van der Waals surface area contributed by atoms with Crippen LogP contribution in [-0.2, 0) is 0 Å². The number of nitrogen functional groups attached to an aromatic ring is 1. The summed E-state index contributed by atoms with van der Waals surface area (Å²) in [5.41, 5.74) is 8.13. The number of carbonyl (C=O) groups excluding carboxylic acids is 1. The molecule has 0 spiro atoms. The number of para-hydroxylation sites is 2. The first kappa shape index (κ1) is 13.9. The Morgan fingerprint density at radius 2 is 1.85 bits per heavy atom. The lowest BCUT2D eigenvalue weighted by Crippen LogP contribution is -2.28. The van der Waals surface area contributed by atoms with Crippen molar-refractivity contribution in [1.29, 1.82) is 0 Å². The van der Waals surface area contributed by atoms with Gasteiger partial charge in [0, 0.05) is 5.56 Å². The third-order valence-electron chi connectivity index (χ3n) is 2.88. The zero-order valence-electron chi connectivity index (χ0n) is 11.4. The van der Waals surface area contributed by atoms with Crippen LogP contribution in [0, 0.1) is 6.92 Å². The molecule has 4 heteroatoms. The van der Waals surface area contributed by atoms with Crippen LogP contribution in [0.4, 0.5) is 5.69 Å². The van der Waals surface area contributed by atoms with E-state index >= 15 is 0 Å². The van der Waals surface area contributed by atoms with Crippen molar-refractivity contribution in [3.63, 3.8) is 0 Å². The first-order chi connectivity index (χ1) is 9.66. The van der Waals surface area contributed by atoms with E-state index in [1.807, 2.05) is 31.2 Å². The second-order valence-electron chi connectivity index (χ2n) is 4.51. The van der Waals surface area contributed by atoms with Crippen LogP contribution in [0.25, 0.3) is 0 Å². The highest BCUT2D eigenvalue weighted by molar-refractivity contribution is 5.94. The molecule has 2 aromatic rings. The Kier molecular flexibility index (Phi) is 4.60. The summed E-state index contributed by atoms with van der Waals surface area (Å²) in [6.45, 7) is 2.80. The molecule has 0 aliphatic rings. The number of aryl methyl sites for hydroxylation is 1. The first-order valence-corrected chi connectivity index (χ1v) is 6.49. The van der Waals surface area contributed by atoms with Crippen molar-refractivity contribution >= 4 is 11.6 Å². The minimum Gasteiger partial charge on any atom is -0.490 e. The molecule has 0 unspecified atom stereocenters. The molecule has 0 saturated heterocycles. The second-order valence-corrected chi connectivity index (χ2v) is 4.51. The van der Waals surface area contributed by atoms with Gasteiger partial charge in [0.05, 0.1) is 12.2 Å². The average Bonchev–Trinajstić information content (AvgIpc) is 2.46. The summed E-state index contributed by atoms with van der Waals surface area (Å²) in [6.07, 6.45) is 0. The molecule has 20 heavy (non-hydrogen) atoms. The molecule has 0 atom stereocenters. The lowest BCUT2D eigenvalue weighted by Gasteiger charge is -2.09. The molecule has 1 amide bonds. The lowest BCUT2D eigenvalue weighted by atomic mass is 10.1. The van der Waals surface area contributed by atoms with Gasteiger partial charge in [0.25, 0.3) is 5.91 Å². The zero-order valence-corrected chi connectivity index (χ0v) is 11.4. The third kappa shape index (κ3) is 3.75. The predicted octanol–water partition coefficient (Wildman–Crippen LogP) is 2.39. The van der Waals surface area contributed by atoms with Gasteiger partial charge in [0.2, 0.25) is 0 Å². The number of nitrogens with one attached hydrogen (secondary N) is 1. The number of amides is 1. The van der Waals surface area contributed by atoms with Crippen LogP contribution in [0.3, 0.4) is 0 Å². The summed E-state index contributed by atoms with van der Waals surface area (Å²) in [7, 11) is 0. The Balaban J connectivity index is 1.77. The minimum absolute atomic E-state index is 0.102. The molecule has 0 aliphatic carbocycles. The Bertz CT molecular complexity index is 579. The van der Waals surface area contributed by atoms with Crippen molar-refractivity contribution < 1.29 is 9.53 Å². The van der Waals surface area contributed by atoms with E-state index in [4.69, 9.17) is 10.5 Å². The molecule has 3 N–H and O–H groups in total. The Labute approximate surface area is 118 Å². The van der Waals surface area contributed by atoms with Gasteiger partial charge >= 0.3 is 0 Å². The van der Waals surface area contributed by atoms with Crippen LogP contribution in [0.2, 0.25) is 0 Å². The van der Waals surface area contributed by atoms with E-state index in [0.717, 1.165) is 5.56 Å². The lowest BCUT2D eigenvalue weighted by molar-refractivity contribution is 0.0947. The van der Waals surface area contributed by atoms with Gasteiger partial charge in [-0.3, -0.25) is 4.79 Å². The molecule has 4 nitrogen and oxygen atoms in total. The van der Waals surface area contributed by atoms with Gasteiger partial charge in [-0.25, -0.2) is 0 Å². The van der Waals surface area contributed by atoms with Crippen LogP contribution >= 0.6 is 0 Å². The normalized spacial score (nSPS) is 10.1. The Morgan fingerprint density at radius 3 is 2.55 bits per heavy atom. The highest BCUT2D eigenvalue weighted by Crippen LogP contribution is 2.19. The van der Waals surface area contributed by atoms with E-state index in [0.29, 0.717) is 30.2 Å². The Hall–Kier alpha value is -2.49. The molecule has 0 saturated carbocycles. The van der Waals surface area contributed by atoms with E-state index < -0.39 is 0 Å².